The van der Waals surface area contributed by atoms with E-state index >= 15 is 0 Å². The number of aryl methyl sites for hydroxylation is 1. The van der Waals surface area contributed by atoms with Crippen LogP contribution in [0, 0.1) is 0 Å². The summed E-state index contributed by atoms with van der Waals surface area (Å²) in [6.45, 7) is 7.65. The third-order valence-electron chi connectivity index (χ3n) is 5.03. The van der Waals surface area contributed by atoms with Gasteiger partial charge >= 0.3 is 0 Å². The SMILES string of the molecule is CCc1cnccc1C(=O)Nc1cccc(CCN2CCN(C)CC2)c1. The number of amides is 1. The number of benzene rings is 1. The van der Waals surface area contributed by atoms with E-state index in [0.29, 0.717) is 5.56 Å². The number of nitrogens with zero attached hydrogens (tertiary/aromatic N) is 3. The molecule has 1 aromatic carbocycles. The number of rotatable bonds is 6. The molecule has 5 heteroatoms. The van der Waals surface area contributed by atoms with Crippen LogP contribution in [0.5, 0.6) is 0 Å². The molecule has 0 aliphatic carbocycles. The van der Waals surface area contributed by atoms with Crippen LogP contribution in [0.3, 0.4) is 0 Å². The zero-order chi connectivity index (χ0) is 18.4. The van der Waals surface area contributed by atoms with E-state index in [1.54, 1.807) is 18.5 Å². The van der Waals surface area contributed by atoms with Gasteiger partial charge in [-0.15, -0.1) is 0 Å². The summed E-state index contributed by atoms with van der Waals surface area (Å²) >= 11 is 0. The lowest BCUT2D eigenvalue weighted by atomic mass is 10.1. The van der Waals surface area contributed by atoms with E-state index in [4.69, 9.17) is 0 Å². The van der Waals surface area contributed by atoms with Gasteiger partial charge in [0.05, 0.1) is 0 Å². The van der Waals surface area contributed by atoms with Crippen molar-refractivity contribution in [1.29, 1.82) is 0 Å². The van der Waals surface area contributed by atoms with Crippen LogP contribution in [0.1, 0.15) is 28.4 Å². The van der Waals surface area contributed by atoms with Crippen LogP contribution < -0.4 is 5.32 Å². The highest BCUT2D eigenvalue weighted by Gasteiger charge is 2.14. The average Bonchev–Trinajstić information content (AvgIpc) is 2.68. The first-order valence-electron chi connectivity index (χ1n) is 9.40. The number of anilines is 1. The molecule has 1 aliphatic heterocycles. The Kier molecular flexibility index (Phi) is 6.36. The van der Waals surface area contributed by atoms with Crippen molar-refractivity contribution >= 4 is 11.6 Å². The lowest BCUT2D eigenvalue weighted by Crippen LogP contribution is -2.45. The largest absolute Gasteiger partial charge is 0.322 e. The number of piperazine rings is 1. The van der Waals surface area contributed by atoms with Crippen LogP contribution in [0.15, 0.2) is 42.7 Å². The monoisotopic (exact) mass is 352 g/mol. The highest BCUT2D eigenvalue weighted by molar-refractivity contribution is 6.05. The van der Waals surface area contributed by atoms with Crippen molar-refractivity contribution in [3.8, 4) is 0 Å². The molecular weight excluding hydrogens is 324 g/mol. The molecule has 1 saturated heterocycles. The number of aromatic nitrogens is 1. The van der Waals surface area contributed by atoms with E-state index in [9.17, 15) is 4.79 Å². The van der Waals surface area contributed by atoms with E-state index in [-0.39, 0.29) is 5.91 Å². The standard InChI is InChI=1S/C21H28N4O/c1-3-18-16-22-9-7-20(18)21(26)23-19-6-4-5-17(15-19)8-10-25-13-11-24(2)12-14-25/h4-7,9,15-16H,3,8,10-14H2,1-2H3,(H,23,26). The number of pyridine rings is 1. The number of carbonyl (C=O) groups excluding carboxylic acids is 1. The Hall–Kier alpha value is -2.24. The molecule has 0 unspecified atom stereocenters. The molecule has 0 radical (unpaired) electrons. The van der Waals surface area contributed by atoms with Crippen LogP contribution in [0.25, 0.3) is 0 Å². The smallest absolute Gasteiger partial charge is 0.256 e. The molecule has 1 N–H and O–H groups in total. The molecule has 3 rings (SSSR count). The molecule has 2 heterocycles. The summed E-state index contributed by atoms with van der Waals surface area (Å²) in [5.74, 6) is -0.0690. The normalized spacial score (nSPS) is 15.8. The van der Waals surface area contributed by atoms with Gasteiger partial charge in [0.1, 0.15) is 0 Å². The molecule has 0 atom stereocenters. The Bertz CT molecular complexity index is 738. The predicted octanol–water partition coefficient (Wildman–Crippen LogP) is 2.69. The minimum Gasteiger partial charge on any atom is -0.322 e. The molecule has 5 nitrogen and oxygen atoms in total. The zero-order valence-corrected chi connectivity index (χ0v) is 15.7. The number of carbonyl (C=O) groups is 1. The van der Waals surface area contributed by atoms with Gasteiger partial charge in [-0.3, -0.25) is 9.78 Å². The molecule has 2 aromatic rings. The fraction of sp³-hybridized carbons (Fsp3) is 0.429. The van der Waals surface area contributed by atoms with Crippen LogP contribution >= 0.6 is 0 Å². The van der Waals surface area contributed by atoms with Gasteiger partial charge in [-0.25, -0.2) is 0 Å². The van der Waals surface area contributed by atoms with Crippen LogP contribution in [0.4, 0.5) is 5.69 Å². The Morgan fingerprint density at radius 1 is 1.19 bits per heavy atom. The summed E-state index contributed by atoms with van der Waals surface area (Å²) in [5, 5.41) is 3.03. The van der Waals surface area contributed by atoms with Gasteiger partial charge in [0.2, 0.25) is 0 Å². The first-order chi connectivity index (χ1) is 12.7. The number of nitrogens with one attached hydrogen (secondary N) is 1. The summed E-state index contributed by atoms with van der Waals surface area (Å²) in [6, 6.07) is 9.97. The van der Waals surface area contributed by atoms with E-state index < -0.39 is 0 Å². The molecule has 1 amide bonds. The van der Waals surface area contributed by atoms with Crippen LogP contribution in [0.2, 0.25) is 0 Å². The Labute approximate surface area is 156 Å². The second kappa shape index (κ2) is 8.92. The van der Waals surface area contributed by atoms with Crippen molar-refractivity contribution in [2.24, 2.45) is 0 Å². The average molecular weight is 352 g/mol. The number of likely N-dealkylation sites (N-methyl/N-ethyl adjacent to an activating group) is 1. The van der Waals surface area contributed by atoms with Gasteiger partial charge < -0.3 is 15.1 Å². The first kappa shape index (κ1) is 18.5. The van der Waals surface area contributed by atoms with Crippen molar-refractivity contribution in [2.45, 2.75) is 19.8 Å². The van der Waals surface area contributed by atoms with Gasteiger partial charge in [-0.05, 0) is 49.2 Å². The summed E-state index contributed by atoms with van der Waals surface area (Å²) in [5.41, 5.74) is 3.78. The molecule has 1 aromatic heterocycles. The van der Waals surface area contributed by atoms with Gasteiger partial charge in [-0.1, -0.05) is 19.1 Å². The van der Waals surface area contributed by atoms with Gasteiger partial charge in [0, 0.05) is 56.4 Å². The van der Waals surface area contributed by atoms with Gasteiger partial charge in [0.25, 0.3) is 5.91 Å². The molecule has 1 aliphatic rings. The second-order valence-electron chi connectivity index (χ2n) is 6.94. The summed E-state index contributed by atoms with van der Waals surface area (Å²) in [4.78, 5) is 21.6. The van der Waals surface area contributed by atoms with E-state index in [1.165, 1.54) is 5.56 Å². The number of hydrogen-bond acceptors (Lipinski definition) is 4. The van der Waals surface area contributed by atoms with Crippen molar-refractivity contribution in [2.75, 3.05) is 45.1 Å². The molecule has 138 valence electrons. The lowest BCUT2D eigenvalue weighted by molar-refractivity contribution is 0.102. The summed E-state index contributed by atoms with van der Waals surface area (Å²) < 4.78 is 0. The Morgan fingerprint density at radius 2 is 2.00 bits per heavy atom. The lowest BCUT2D eigenvalue weighted by Gasteiger charge is -2.32. The fourth-order valence-electron chi connectivity index (χ4n) is 3.29. The van der Waals surface area contributed by atoms with Crippen molar-refractivity contribution in [3.63, 3.8) is 0 Å². The second-order valence-corrected chi connectivity index (χ2v) is 6.94. The van der Waals surface area contributed by atoms with Crippen LogP contribution in [-0.2, 0) is 12.8 Å². The molecule has 1 fully saturated rings. The molecular formula is C21H28N4O. The third kappa shape index (κ3) is 4.90. The maximum Gasteiger partial charge on any atom is 0.256 e. The molecule has 0 saturated carbocycles. The summed E-state index contributed by atoms with van der Waals surface area (Å²) in [7, 11) is 2.18. The zero-order valence-electron chi connectivity index (χ0n) is 15.7. The fourth-order valence-corrected chi connectivity index (χ4v) is 3.29. The molecule has 0 bridgehead atoms. The van der Waals surface area contributed by atoms with Gasteiger partial charge in [-0.2, -0.15) is 0 Å². The van der Waals surface area contributed by atoms with Crippen molar-refractivity contribution < 1.29 is 4.79 Å². The first-order valence-corrected chi connectivity index (χ1v) is 9.40. The Morgan fingerprint density at radius 3 is 2.77 bits per heavy atom. The highest BCUT2D eigenvalue weighted by Crippen LogP contribution is 2.15. The predicted molar refractivity (Wildman–Crippen MR) is 106 cm³/mol. The Balaban J connectivity index is 1.59. The van der Waals surface area contributed by atoms with Crippen molar-refractivity contribution in [3.05, 3.63) is 59.4 Å². The maximum absolute atomic E-state index is 12.6. The minimum atomic E-state index is -0.0690. The molecule has 26 heavy (non-hydrogen) atoms. The third-order valence-corrected chi connectivity index (χ3v) is 5.03. The quantitative estimate of drug-likeness (QED) is 0.868. The topological polar surface area (TPSA) is 48.5 Å². The van der Waals surface area contributed by atoms with E-state index in [2.05, 4.69) is 39.3 Å². The van der Waals surface area contributed by atoms with E-state index in [1.807, 2.05) is 19.1 Å². The maximum atomic E-state index is 12.6. The minimum absolute atomic E-state index is 0.0690. The van der Waals surface area contributed by atoms with Crippen molar-refractivity contribution in [1.82, 2.24) is 14.8 Å². The number of hydrogen-bond donors (Lipinski definition) is 1. The van der Waals surface area contributed by atoms with Crippen LogP contribution in [-0.4, -0.2) is 60.5 Å². The molecule has 0 spiro atoms. The van der Waals surface area contributed by atoms with Gasteiger partial charge in [0.15, 0.2) is 0 Å². The van der Waals surface area contributed by atoms with E-state index in [0.717, 1.165) is 56.8 Å². The summed E-state index contributed by atoms with van der Waals surface area (Å²) in [6.07, 6.45) is 5.23. The highest BCUT2D eigenvalue weighted by atomic mass is 16.1.